The number of ketones is 1. The molecule has 1 fully saturated rings. The fraction of sp³-hybridized carbons (Fsp3) is 0.381. The number of aromatic nitrogens is 1. The number of carbonyl (C=O) groups is 2. The quantitative estimate of drug-likeness (QED) is 0.374. The monoisotopic (exact) mass is 477 g/mol. The molecule has 0 spiro atoms. The molecule has 1 aromatic heterocycles. The van der Waals surface area contributed by atoms with Crippen molar-refractivity contribution < 1.29 is 50.2 Å². The molecule has 1 aliphatic rings. The van der Waals surface area contributed by atoms with E-state index in [4.69, 9.17) is 4.74 Å². The standard InChI is InChI=1S/C21H19F6N2O4/c1-32-16-5-3-2-4-15(16)13-8-10-28(11-9-13)17-7-6-14(18(30)20(22,23)24)12-29(17)33-19(31)21(25,26)27/h2-7,12-13H,8-11H2,1H3/q+1. The maximum absolute atomic E-state index is 12.8. The topological polar surface area (TPSA) is 59.7 Å². The highest BCUT2D eigenvalue weighted by Gasteiger charge is 2.45. The second-order valence-electron chi connectivity index (χ2n) is 7.31. The lowest BCUT2D eigenvalue weighted by molar-refractivity contribution is -0.860. The van der Waals surface area contributed by atoms with E-state index in [1.807, 2.05) is 24.3 Å². The van der Waals surface area contributed by atoms with Crippen LogP contribution in [-0.2, 0) is 4.79 Å². The Labute approximate surface area is 184 Å². The number of nitrogens with zero attached hydrogens (tertiary/aromatic N) is 2. The summed E-state index contributed by atoms with van der Waals surface area (Å²) in [6, 6.07) is 9.23. The predicted octanol–water partition coefficient (Wildman–Crippen LogP) is 3.63. The molecule has 1 aromatic carbocycles. The Hall–Kier alpha value is -3.31. The number of para-hydroxylation sites is 1. The molecule has 0 unspecified atom stereocenters. The van der Waals surface area contributed by atoms with Crippen LogP contribution in [-0.4, -0.2) is 44.3 Å². The van der Waals surface area contributed by atoms with Crippen molar-refractivity contribution in [3.05, 3.63) is 53.7 Å². The third-order valence-electron chi connectivity index (χ3n) is 5.22. The molecule has 0 amide bonds. The molecule has 0 saturated carbocycles. The van der Waals surface area contributed by atoms with Crippen LogP contribution < -0.4 is 19.2 Å². The van der Waals surface area contributed by atoms with Crippen molar-refractivity contribution >= 4 is 17.6 Å². The van der Waals surface area contributed by atoms with E-state index in [0.717, 1.165) is 17.7 Å². The van der Waals surface area contributed by atoms with Crippen molar-refractivity contribution in [2.24, 2.45) is 0 Å². The van der Waals surface area contributed by atoms with Crippen molar-refractivity contribution in [1.29, 1.82) is 0 Å². The molecule has 2 heterocycles. The van der Waals surface area contributed by atoms with Crippen LogP contribution in [0.25, 0.3) is 0 Å². The fourth-order valence-electron chi connectivity index (χ4n) is 3.65. The van der Waals surface area contributed by atoms with Crippen LogP contribution in [0.4, 0.5) is 32.2 Å². The average molecular weight is 477 g/mol. The maximum Gasteiger partial charge on any atom is 0.495 e. The molecule has 6 nitrogen and oxygen atoms in total. The fourth-order valence-corrected chi connectivity index (χ4v) is 3.65. The predicted molar refractivity (Wildman–Crippen MR) is 102 cm³/mol. The smallest absolute Gasteiger partial charge is 0.495 e. The number of carbonyl (C=O) groups excluding carboxylic acids is 2. The summed E-state index contributed by atoms with van der Waals surface area (Å²) in [5.74, 6) is -4.23. The van der Waals surface area contributed by atoms with Gasteiger partial charge in [-0.15, -0.1) is 0 Å². The Kier molecular flexibility index (Phi) is 6.84. The molecular weight excluding hydrogens is 458 g/mol. The minimum absolute atomic E-state index is 0.0784. The van der Waals surface area contributed by atoms with Gasteiger partial charge in [-0.2, -0.15) is 26.3 Å². The van der Waals surface area contributed by atoms with Gasteiger partial charge in [-0.3, -0.25) is 9.69 Å². The molecule has 0 N–H and O–H groups in total. The van der Waals surface area contributed by atoms with Gasteiger partial charge in [-0.05, 0) is 41.2 Å². The Morgan fingerprint density at radius 3 is 2.18 bits per heavy atom. The van der Waals surface area contributed by atoms with E-state index < -0.39 is 29.7 Å². The molecule has 1 saturated heterocycles. The lowest BCUT2D eigenvalue weighted by Crippen LogP contribution is -2.55. The molecule has 1 aliphatic heterocycles. The number of hydrogen-bond acceptors (Lipinski definition) is 5. The molecule has 12 heteroatoms. The van der Waals surface area contributed by atoms with Gasteiger partial charge in [0.15, 0.2) is 0 Å². The van der Waals surface area contributed by atoms with Crippen molar-refractivity contribution in [2.75, 3.05) is 25.1 Å². The Bertz CT molecular complexity index is 1030. The van der Waals surface area contributed by atoms with E-state index in [2.05, 4.69) is 4.84 Å². The van der Waals surface area contributed by atoms with Crippen LogP contribution in [0, 0.1) is 0 Å². The lowest BCUT2D eigenvalue weighted by Gasteiger charge is -2.29. The van der Waals surface area contributed by atoms with Gasteiger partial charge in [-0.1, -0.05) is 18.2 Å². The van der Waals surface area contributed by atoms with E-state index in [1.165, 1.54) is 7.11 Å². The van der Waals surface area contributed by atoms with E-state index in [-0.39, 0.29) is 16.5 Å². The lowest BCUT2D eigenvalue weighted by atomic mass is 9.89. The minimum Gasteiger partial charge on any atom is -0.496 e. The number of alkyl halides is 6. The van der Waals surface area contributed by atoms with Crippen molar-refractivity contribution in [3.8, 4) is 5.75 Å². The molecule has 178 valence electrons. The van der Waals surface area contributed by atoms with Gasteiger partial charge < -0.3 is 4.74 Å². The number of rotatable bonds is 5. The highest BCUT2D eigenvalue weighted by molar-refractivity contribution is 5.99. The summed E-state index contributed by atoms with van der Waals surface area (Å²) in [6.45, 7) is 0.609. The normalized spacial score (nSPS) is 15.3. The first kappa shape index (κ1) is 24.3. The highest BCUT2D eigenvalue weighted by Crippen LogP contribution is 2.35. The van der Waals surface area contributed by atoms with Crippen LogP contribution in [0.2, 0.25) is 0 Å². The van der Waals surface area contributed by atoms with Gasteiger partial charge in [0, 0.05) is 6.07 Å². The number of Topliss-reactive ketones (excluding diaryl/α,β-unsaturated/α-hetero) is 1. The average Bonchev–Trinajstić information content (AvgIpc) is 2.77. The molecular formula is C21H19F6N2O4+. The molecule has 3 rings (SSSR count). The number of methoxy groups -OCH3 is 1. The minimum atomic E-state index is -5.38. The van der Waals surface area contributed by atoms with Crippen LogP contribution in [0.5, 0.6) is 5.75 Å². The van der Waals surface area contributed by atoms with Crippen LogP contribution >= 0.6 is 0 Å². The summed E-state index contributed by atoms with van der Waals surface area (Å²) in [5.41, 5.74) is -0.00715. The summed E-state index contributed by atoms with van der Waals surface area (Å²) in [6.07, 6.45) is -9.10. The number of benzene rings is 1. The van der Waals surface area contributed by atoms with Gasteiger partial charge in [0.05, 0.1) is 25.8 Å². The third-order valence-corrected chi connectivity index (χ3v) is 5.22. The Morgan fingerprint density at radius 1 is 0.970 bits per heavy atom. The van der Waals surface area contributed by atoms with Crippen LogP contribution in [0.1, 0.15) is 34.7 Å². The largest absolute Gasteiger partial charge is 0.496 e. The number of piperidine rings is 1. The Morgan fingerprint density at radius 2 is 1.61 bits per heavy atom. The SMILES string of the molecule is COc1ccccc1C1CCN(c2ccc(C(=O)C(F)(F)F)c[n+]2OC(=O)C(F)(F)F)CC1. The van der Waals surface area contributed by atoms with Gasteiger partial charge in [-0.25, -0.2) is 9.63 Å². The maximum atomic E-state index is 12.8. The number of hydrogen-bond donors (Lipinski definition) is 0. The van der Waals surface area contributed by atoms with Gasteiger partial charge in [0.2, 0.25) is 0 Å². The summed E-state index contributed by atoms with van der Waals surface area (Å²) in [7, 11) is 1.54. The second kappa shape index (κ2) is 9.28. The summed E-state index contributed by atoms with van der Waals surface area (Å²) in [4.78, 5) is 28.7. The first-order chi connectivity index (χ1) is 15.4. The number of ether oxygens (including phenoxy) is 1. The van der Waals surface area contributed by atoms with Gasteiger partial charge >= 0.3 is 24.1 Å². The van der Waals surface area contributed by atoms with Crippen LogP contribution in [0.15, 0.2) is 42.6 Å². The Balaban J connectivity index is 1.87. The van der Waals surface area contributed by atoms with E-state index in [0.29, 0.717) is 37.9 Å². The van der Waals surface area contributed by atoms with Gasteiger partial charge in [0.1, 0.15) is 11.9 Å². The summed E-state index contributed by atoms with van der Waals surface area (Å²) >= 11 is 0. The van der Waals surface area contributed by atoms with E-state index in [9.17, 15) is 35.9 Å². The van der Waals surface area contributed by atoms with Crippen molar-refractivity contribution in [1.82, 2.24) is 0 Å². The van der Waals surface area contributed by atoms with Crippen molar-refractivity contribution in [3.63, 3.8) is 0 Å². The number of anilines is 1. The second-order valence-corrected chi connectivity index (χ2v) is 7.31. The molecule has 0 atom stereocenters. The van der Waals surface area contributed by atoms with E-state index >= 15 is 0 Å². The first-order valence-corrected chi connectivity index (χ1v) is 9.76. The molecule has 33 heavy (non-hydrogen) atoms. The first-order valence-electron chi connectivity index (χ1n) is 9.76. The van der Waals surface area contributed by atoms with Crippen molar-refractivity contribution in [2.45, 2.75) is 31.1 Å². The molecule has 0 radical (unpaired) electrons. The zero-order chi connectivity index (χ0) is 24.4. The summed E-state index contributed by atoms with van der Waals surface area (Å²) in [5, 5.41) is 0. The van der Waals surface area contributed by atoms with E-state index in [1.54, 1.807) is 4.90 Å². The number of halogens is 6. The third kappa shape index (κ3) is 5.55. The molecule has 2 aromatic rings. The van der Waals surface area contributed by atoms with Gasteiger partial charge in [0.25, 0.3) is 5.78 Å². The highest BCUT2D eigenvalue weighted by atomic mass is 19.4. The zero-order valence-electron chi connectivity index (χ0n) is 17.2. The van der Waals surface area contributed by atoms with Crippen LogP contribution in [0.3, 0.4) is 0 Å². The number of pyridine rings is 1. The summed E-state index contributed by atoms with van der Waals surface area (Å²) < 4.78 is 82.1. The zero-order valence-corrected chi connectivity index (χ0v) is 17.2. The molecule has 0 bridgehead atoms. The molecule has 0 aliphatic carbocycles.